The Kier molecular flexibility index (Phi) is 6.61. The van der Waals surface area contributed by atoms with Crippen LogP contribution in [0, 0.1) is 17.7 Å². The van der Waals surface area contributed by atoms with Crippen molar-refractivity contribution in [3.05, 3.63) is 58.9 Å². The molecule has 2 aromatic rings. The first-order valence-electron chi connectivity index (χ1n) is 9.56. The summed E-state index contributed by atoms with van der Waals surface area (Å²) in [4.78, 5) is 12.0. The van der Waals surface area contributed by atoms with E-state index in [0.29, 0.717) is 23.0 Å². The highest BCUT2D eigenvalue weighted by atomic mass is 35.5. The Morgan fingerprint density at radius 1 is 1.14 bits per heavy atom. The minimum absolute atomic E-state index is 0.0387. The molecule has 1 aliphatic carbocycles. The van der Waals surface area contributed by atoms with Crippen LogP contribution in [0.15, 0.2) is 47.4 Å². The molecule has 156 valence electrons. The standard InChI is InChI=1S/C21H24ClFN2O3S/c1-13-5-3-8-19(14(13)2)25-29(27,28)20-11-15(9-10-18(20)23)21(26)24-17-7-4-6-16(22)12-17/h4,6-7,9-14,19,25H,3,5,8H2,1-2H3,(H,24,26)/t13-,14-,19+/m1/s1. The largest absolute Gasteiger partial charge is 0.322 e. The first-order valence-corrected chi connectivity index (χ1v) is 11.4. The molecule has 1 saturated carbocycles. The number of amides is 1. The van der Waals surface area contributed by atoms with E-state index in [2.05, 4.69) is 17.0 Å². The highest BCUT2D eigenvalue weighted by molar-refractivity contribution is 7.89. The zero-order chi connectivity index (χ0) is 21.2. The zero-order valence-electron chi connectivity index (χ0n) is 16.3. The lowest BCUT2D eigenvalue weighted by Gasteiger charge is -2.34. The van der Waals surface area contributed by atoms with E-state index in [9.17, 15) is 17.6 Å². The molecule has 3 atom stereocenters. The second-order valence-electron chi connectivity index (χ2n) is 7.60. The molecule has 1 aliphatic rings. The highest BCUT2D eigenvalue weighted by Crippen LogP contribution is 2.31. The summed E-state index contributed by atoms with van der Waals surface area (Å²) in [5, 5.41) is 3.08. The monoisotopic (exact) mass is 438 g/mol. The van der Waals surface area contributed by atoms with Crippen LogP contribution in [0.1, 0.15) is 43.5 Å². The predicted octanol–water partition coefficient (Wildman–Crippen LogP) is 4.83. The van der Waals surface area contributed by atoms with Crippen LogP contribution in [-0.4, -0.2) is 20.4 Å². The topological polar surface area (TPSA) is 75.3 Å². The number of hydrogen-bond acceptors (Lipinski definition) is 3. The second kappa shape index (κ2) is 8.81. The van der Waals surface area contributed by atoms with Gasteiger partial charge in [0.15, 0.2) is 0 Å². The molecule has 3 rings (SSSR count). The van der Waals surface area contributed by atoms with Gasteiger partial charge in [0.05, 0.1) is 0 Å². The average Bonchev–Trinajstić information content (AvgIpc) is 2.65. The molecule has 0 heterocycles. The lowest BCUT2D eigenvalue weighted by molar-refractivity contribution is 0.102. The van der Waals surface area contributed by atoms with Gasteiger partial charge >= 0.3 is 0 Å². The number of carbonyl (C=O) groups is 1. The fraction of sp³-hybridized carbons (Fsp3) is 0.381. The van der Waals surface area contributed by atoms with E-state index in [-0.39, 0.29) is 17.5 Å². The van der Waals surface area contributed by atoms with E-state index in [1.807, 2.05) is 6.92 Å². The molecule has 0 spiro atoms. The summed E-state index contributed by atoms with van der Waals surface area (Å²) >= 11 is 5.91. The van der Waals surface area contributed by atoms with E-state index in [4.69, 9.17) is 11.6 Å². The third-order valence-electron chi connectivity index (χ3n) is 5.58. The van der Waals surface area contributed by atoms with Crippen LogP contribution in [0.4, 0.5) is 10.1 Å². The molecule has 2 N–H and O–H groups in total. The van der Waals surface area contributed by atoms with Crippen molar-refractivity contribution in [3.8, 4) is 0 Å². The molecular formula is C21H24ClFN2O3S. The third-order valence-corrected chi connectivity index (χ3v) is 7.32. The van der Waals surface area contributed by atoms with Crippen molar-refractivity contribution >= 4 is 33.2 Å². The number of benzene rings is 2. The van der Waals surface area contributed by atoms with Gasteiger partial charge < -0.3 is 5.32 Å². The van der Waals surface area contributed by atoms with Gasteiger partial charge in [-0.25, -0.2) is 17.5 Å². The van der Waals surface area contributed by atoms with Gasteiger partial charge in [0.25, 0.3) is 5.91 Å². The molecule has 0 bridgehead atoms. The van der Waals surface area contributed by atoms with Crippen LogP contribution in [0.3, 0.4) is 0 Å². The maximum Gasteiger partial charge on any atom is 0.255 e. The smallest absolute Gasteiger partial charge is 0.255 e. The lowest BCUT2D eigenvalue weighted by atomic mass is 9.78. The van der Waals surface area contributed by atoms with Gasteiger partial charge in [-0.1, -0.05) is 44.4 Å². The summed E-state index contributed by atoms with van der Waals surface area (Å²) < 4.78 is 42.7. The van der Waals surface area contributed by atoms with Gasteiger partial charge in [0.2, 0.25) is 10.0 Å². The van der Waals surface area contributed by atoms with Crippen LogP contribution >= 0.6 is 11.6 Å². The molecule has 8 heteroatoms. The van der Waals surface area contributed by atoms with E-state index >= 15 is 0 Å². The zero-order valence-corrected chi connectivity index (χ0v) is 17.9. The Balaban J connectivity index is 1.83. The summed E-state index contributed by atoms with van der Waals surface area (Å²) in [6.07, 6.45) is 2.68. The number of rotatable bonds is 5. The fourth-order valence-electron chi connectivity index (χ4n) is 3.63. The van der Waals surface area contributed by atoms with Crippen molar-refractivity contribution in [3.63, 3.8) is 0 Å². The number of anilines is 1. The van der Waals surface area contributed by atoms with Gasteiger partial charge in [0.1, 0.15) is 10.7 Å². The number of nitrogens with one attached hydrogen (secondary N) is 2. The molecule has 5 nitrogen and oxygen atoms in total. The summed E-state index contributed by atoms with van der Waals surface area (Å²) in [6.45, 7) is 4.09. The maximum absolute atomic E-state index is 14.4. The van der Waals surface area contributed by atoms with Gasteiger partial charge in [-0.15, -0.1) is 0 Å². The van der Waals surface area contributed by atoms with Crippen molar-refractivity contribution in [2.75, 3.05) is 5.32 Å². The molecule has 2 aromatic carbocycles. The molecule has 0 radical (unpaired) electrons. The van der Waals surface area contributed by atoms with Crippen molar-refractivity contribution in [1.29, 1.82) is 0 Å². The van der Waals surface area contributed by atoms with Gasteiger partial charge in [-0.05, 0) is 54.7 Å². The molecule has 1 fully saturated rings. The van der Waals surface area contributed by atoms with Crippen LogP contribution in [0.2, 0.25) is 5.02 Å². The van der Waals surface area contributed by atoms with Gasteiger partial charge in [0, 0.05) is 22.3 Å². The fourth-order valence-corrected chi connectivity index (χ4v) is 5.29. The first kappa shape index (κ1) is 21.7. The number of halogens is 2. The molecular weight excluding hydrogens is 415 g/mol. The molecule has 0 aromatic heterocycles. The Morgan fingerprint density at radius 2 is 1.90 bits per heavy atom. The SMILES string of the molecule is C[C@@H]1[C@H](C)CCC[C@@H]1NS(=O)(=O)c1cc(C(=O)Nc2cccc(Cl)c2)ccc1F. The number of hydrogen-bond donors (Lipinski definition) is 2. The lowest BCUT2D eigenvalue weighted by Crippen LogP contribution is -2.43. The quantitative estimate of drug-likeness (QED) is 0.701. The summed E-state index contributed by atoms with van der Waals surface area (Å²) in [5.41, 5.74) is 0.496. The minimum Gasteiger partial charge on any atom is -0.322 e. The van der Waals surface area contributed by atoms with E-state index in [1.54, 1.807) is 24.3 Å². The molecule has 29 heavy (non-hydrogen) atoms. The van der Waals surface area contributed by atoms with Crippen molar-refractivity contribution in [2.45, 2.75) is 44.0 Å². The normalized spacial score (nSPS) is 22.3. The van der Waals surface area contributed by atoms with Crippen molar-refractivity contribution in [1.82, 2.24) is 4.72 Å². The van der Waals surface area contributed by atoms with E-state index < -0.39 is 26.6 Å². The molecule has 0 aliphatic heterocycles. The summed E-state index contributed by atoms with van der Waals surface area (Å²) in [7, 11) is -4.11. The number of sulfonamides is 1. The van der Waals surface area contributed by atoms with Gasteiger partial charge in [-0.2, -0.15) is 0 Å². The number of carbonyl (C=O) groups excluding carboxylic acids is 1. The maximum atomic E-state index is 14.4. The Bertz CT molecular complexity index is 1010. The first-order chi connectivity index (χ1) is 13.7. The Labute approximate surface area is 175 Å². The van der Waals surface area contributed by atoms with Crippen LogP contribution < -0.4 is 10.0 Å². The van der Waals surface area contributed by atoms with Crippen LogP contribution in [0.5, 0.6) is 0 Å². The summed E-state index contributed by atoms with van der Waals surface area (Å²) in [6, 6.07) is 9.61. The summed E-state index contributed by atoms with van der Waals surface area (Å²) in [5.74, 6) is -0.913. The minimum atomic E-state index is -4.11. The highest BCUT2D eigenvalue weighted by Gasteiger charge is 2.32. The molecule has 1 amide bonds. The van der Waals surface area contributed by atoms with Crippen LogP contribution in [0.25, 0.3) is 0 Å². The molecule has 0 unspecified atom stereocenters. The second-order valence-corrected chi connectivity index (χ2v) is 9.72. The van der Waals surface area contributed by atoms with E-state index in [0.717, 1.165) is 25.0 Å². The predicted molar refractivity (Wildman–Crippen MR) is 112 cm³/mol. The van der Waals surface area contributed by atoms with Crippen LogP contribution in [-0.2, 0) is 10.0 Å². The third kappa shape index (κ3) is 5.15. The average molecular weight is 439 g/mol. The van der Waals surface area contributed by atoms with Crippen molar-refractivity contribution in [2.24, 2.45) is 11.8 Å². The Hall–Kier alpha value is -1.96. The Morgan fingerprint density at radius 3 is 2.62 bits per heavy atom. The van der Waals surface area contributed by atoms with E-state index in [1.165, 1.54) is 6.07 Å². The molecule has 0 saturated heterocycles. The van der Waals surface area contributed by atoms with Gasteiger partial charge in [-0.3, -0.25) is 4.79 Å². The van der Waals surface area contributed by atoms with Crippen molar-refractivity contribution < 1.29 is 17.6 Å².